The van der Waals surface area contributed by atoms with Crippen molar-refractivity contribution >= 4 is 11.9 Å². The summed E-state index contributed by atoms with van der Waals surface area (Å²) in [4.78, 5) is 34.3. The maximum atomic E-state index is 14.4. The Kier molecular flexibility index (Phi) is 5.55. The molecule has 2 heterocycles. The summed E-state index contributed by atoms with van der Waals surface area (Å²) >= 11 is 0. The normalized spacial score (nSPS) is 27.2. The fourth-order valence-corrected chi connectivity index (χ4v) is 4.04. The van der Waals surface area contributed by atoms with Crippen LogP contribution in [-0.2, 0) is 29.4 Å². The van der Waals surface area contributed by atoms with E-state index in [0.29, 0.717) is 0 Å². The largest absolute Gasteiger partial charge is 0.479 e. The quantitative estimate of drug-likeness (QED) is 0.270. The van der Waals surface area contributed by atoms with Crippen LogP contribution in [0.1, 0.15) is 36.2 Å². The average Bonchev–Trinajstić information content (AvgIpc) is 3.06. The van der Waals surface area contributed by atoms with Gasteiger partial charge in [0.2, 0.25) is 12.4 Å². The highest BCUT2D eigenvalue weighted by molar-refractivity contribution is 5.79. The van der Waals surface area contributed by atoms with Crippen molar-refractivity contribution in [2.75, 3.05) is 7.11 Å². The molecular weight excluding hydrogens is 524 g/mol. The van der Waals surface area contributed by atoms with Gasteiger partial charge in [-0.15, -0.1) is 0 Å². The summed E-state index contributed by atoms with van der Waals surface area (Å²) in [6.45, 7) is 2.99. The molecule has 0 amide bonds. The molecule has 0 aliphatic carbocycles. The van der Waals surface area contributed by atoms with Gasteiger partial charge in [-0.05, 0) is 31.0 Å². The number of aliphatic hydroxyl groups excluding tert-OH is 3. The molecule has 0 saturated carbocycles. The number of aliphatic hydroxyl groups is 3. The van der Waals surface area contributed by atoms with Crippen LogP contribution in [0.3, 0.4) is 0 Å². The molecule has 12 heteroatoms. The number of methoxy groups -OCH3 is 1. The zero-order valence-electron chi connectivity index (χ0n) is 31.2. The molecule has 1 aliphatic heterocycles. The van der Waals surface area contributed by atoms with E-state index in [0.717, 1.165) is 7.11 Å². The standard InChI is InChI=1S/C28H30N2O10/c1-15-14-16(2)30-27(29-15)39-23(25(36)40-26-21(33)19(31)20(32)22(38-26)24(34)35)28(37-3,17-10-6-4-7-11-17)18-12-8-5-9-13-18/h4-14,19-23,26,31-33H,1-3H3,(H,34,35)/t19-,20-,21+,22-,23+,26-/m0/s1/i4D,5D,6D,7D,8D,9D,10D,11D,12D,13D. The van der Waals surface area contributed by atoms with E-state index in [4.69, 9.17) is 32.7 Å². The number of ether oxygens (including phenoxy) is 4. The van der Waals surface area contributed by atoms with Gasteiger partial charge in [0, 0.05) is 18.5 Å². The predicted molar refractivity (Wildman–Crippen MR) is 137 cm³/mol. The number of rotatable bonds is 9. The van der Waals surface area contributed by atoms with E-state index in [9.17, 15) is 30.0 Å². The number of aromatic nitrogens is 2. The number of carbonyl (C=O) groups is 2. The maximum Gasteiger partial charge on any atom is 0.353 e. The second-order valence-corrected chi connectivity index (χ2v) is 8.54. The Bertz CT molecular complexity index is 1720. The Morgan fingerprint density at radius 1 is 0.925 bits per heavy atom. The average molecular weight is 565 g/mol. The molecule has 0 spiro atoms. The molecule has 1 fully saturated rings. The molecule has 1 aromatic heterocycles. The molecular formula is C28H30N2O10. The number of aliphatic carboxylic acids is 1. The van der Waals surface area contributed by atoms with Crippen molar-refractivity contribution in [2.24, 2.45) is 0 Å². The van der Waals surface area contributed by atoms with Crippen LogP contribution >= 0.6 is 0 Å². The highest BCUT2D eigenvalue weighted by Gasteiger charge is 2.53. The van der Waals surface area contributed by atoms with Gasteiger partial charge in [-0.25, -0.2) is 19.6 Å². The Hall–Kier alpha value is -3.94. The van der Waals surface area contributed by atoms with Gasteiger partial charge in [-0.3, -0.25) is 0 Å². The third-order valence-corrected chi connectivity index (χ3v) is 5.88. The summed E-state index contributed by atoms with van der Waals surface area (Å²) in [6, 6.07) is -9.33. The summed E-state index contributed by atoms with van der Waals surface area (Å²) in [5.74, 6) is -3.64. The molecule has 4 rings (SSSR count). The molecule has 0 unspecified atom stereocenters. The van der Waals surface area contributed by atoms with Gasteiger partial charge in [0.25, 0.3) is 0 Å². The fraction of sp³-hybridized carbons (Fsp3) is 0.357. The van der Waals surface area contributed by atoms with Crippen LogP contribution in [0.4, 0.5) is 0 Å². The number of carboxylic acid groups (broad SMARTS) is 1. The molecule has 0 radical (unpaired) electrons. The van der Waals surface area contributed by atoms with E-state index in [2.05, 4.69) is 9.97 Å². The highest BCUT2D eigenvalue weighted by atomic mass is 16.7. The van der Waals surface area contributed by atoms with Crippen molar-refractivity contribution in [1.82, 2.24) is 9.97 Å². The molecule has 2 aromatic carbocycles. The minimum atomic E-state index is -3.16. The van der Waals surface area contributed by atoms with Crippen molar-refractivity contribution in [3.8, 4) is 6.01 Å². The lowest BCUT2D eigenvalue weighted by atomic mass is 9.81. The van der Waals surface area contributed by atoms with Crippen molar-refractivity contribution in [1.29, 1.82) is 0 Å². The number of carbonyl (C=O) groups excluding carboxylic acids is 1. The zero-order chi connectivity index (χ0) is 37.7. The van der Waals surface area contributed by atoms with Crippen molar-refractivity contribution in [3.05, 3.63) is 89.0 Å². The fourth-order valence-electron chi connectivity index (χ4n) is 4.04. The minimum Gasteiger partial charge on any atom is -0.479 e. The zero-order valence-corrected chi connectivity index (χ0v) is 21.2. The van der Waals surface area contributed by atoms with Crippen molar-refractivity contribution < 1.29 is 62.7 Å². The van der Waals surface area contributed by atoms with Gasteiger partial charge in [-0.2, -0.15) is 0 Å². The van der Waals surface area contributed by atoms with Crippen LogP contribution in [0.5, 0.6) is 6.01 Å². The Labute approximate surface area is 243 Å². The lowest BCUT2D eigenvalue weighted by molar-refractivity contribution is -0.289. The van der Waals surface area contributed by atoms with E-state index < -0.39 is 132 Å². The predicted octanol–water partition coefficient (Wildman–Crippen LogP) is 0.866. The molecule has 4 N–H and O–H groups in total. The van der Waals surface area contributed by atoms with E-state index in [1.807, 2.05) is 0 Å². The molecule has 0 bridgehead atoms. The molecule has 40 heavy (non-hydrogen) atoms. The van der Waals surface area contributed by atoms with Crippen LogP contribution in [0.25, 0.3) is 0 Å². The van der Waals surface area contributed by atoms with E-state index >= 15 is 0 Å². The van der Waals surface area contributed by atoms with Gasteiger partial charge in [-0.1, -0.05) is 60.4 Å². The topological polar surface area (TPSA) is 178 Å². The Balaban J connectivity index is 2.15. The Morgan fingerprint density at radius 3 is 1.93 bits per heavy atom. The summed E-state index contributed by atoms with van der Waals surface area (Å²) in [5.41, 5.74) is -4.63. The lowest BCUT2D eigenvalue weighted by Crippen LogP contribution is -2.61. The number of hydrogen-bond acceptors (Lipinski definition) is 11. The van der Waals surface area contributed by atoms with Crippen LogP contribution in [0, 0.1) is 13.8 Å². The molecule has 1 saturated heterocycles. The van der Waals surface area contributed by atoms with Crippen molar-refractivity contribution in [2.45, 2.75) is 56.3 Å². The number of nitrogens with zero attached hydrogens (tertiary/aromatic N) is 2. The summed E-state index contributed by atoms with van der Waals surface area (Å²) in [7, 11) is 0.806. The first kappa shape index (κ1) is 18.4. The number of hydrogen-bond donors (Lipinski definition) is 4. The molecule has 12 nitrogen and oxygen atoms in total. The first-order valence-corrected chi connectivity index (χ1v) is 11.5. The van der Waals surface area contributed by atoms with Gasteiger partial charge < -0.3 is 39.4 Å². The second kappa shape index (κ2) is 12.1. The number of carboxylic acids is 1. The highest BCUT2D eigenvalue weighted by Crippen LogP contribution is 2.39. The number of esters is 1. The minimum absolute atomic E-state index is 0.251. The van der Waals surface area contributed by atoms with Gasteiger partial charge in [0.15, 0.2) is 11.7 Å². The monoisotopic (exact) mass is 564 g/mol. The summed E-state index contributed by atoms with van der Waals surface area (Å²) in [6.07, 6.45) is -14.1. The van der Waals surface area contributed by atoms with Gasteiger partial charge in [0.1, 0.15) is 18.3 Å². The third kappa shape index (κ3) is 5.67. The molecule has 3 aromatic rings. The van der Waals surface area contributed by atoms with Gasteiger partial charge in [0.05, 0.1) is 13.7 Å². The van der Waals surface area contributed by atoms with E-state index in [-0.39, 0.29) is 11.4 Å². The maximum absolute atomic E-state index is 14.4. The van der Waals surface area contributed by atoms with Crippen LogP contribution in [-0.4, -0.2) is 86.3 Å². The first-order chi connectivity index (χ1) is 23.2. The summed E-state index contributed by atoms with van der Waals surface area (Å²) < 4.78 is 107. The molecule has 1 aliphatic rings. The van der Waals surface area contributed by atoms with Crippen LogP contribution in [0.15, 0.2) is 66.5 Å². The van der Waals surface area contributed by atoms with Crippen LogP contribution < -0.4 is 4.74 Å². The number of benzene rings is 2. The first-order valence-electron chi connectivity index (χ1n) is 16.5. The smallest absolute Gasteiger partial charge is 0.353 e. The molecule has 212 valence electrons. The lowest BCUT2D eigenvalue weighted by Gasteiger charge is -2.41. The van der Waals surface area contributed by atoms with E-state index in [1.54, 1.807) is 0 Å². The van der Waals surface area contributed by atoms with Gasteiger partial charge >= 0.3 is 17.9 Å². The van der Waals surface area contributed by atoms with E-state index in [1.165, 1.54) is 19.9 Å². The Morgan fingerprint density at radius 2 is 1.45 bits per heavy atom. The summed E-state index contributed by atoms with van der Waals surface area (Å²) in [5, 5.41) is 40.6. The van der Waals surface area contributed by atoms with Crippen LogP contribution in [0.2, 0.25) is 0 Å². The van der Waals surface area contributed by atoms with Crippen molar-refractivity contribution in [3.63, 3.8) is 0 Å². The second-order valence-electron chi connectivity index (χ2n) is 8.54. The molecule has 6 atom stereocenters. The number of aryl methyl sites for hydroxylation is 2. The third-order valence-electron chi connectivity index (χ3n) is 5.88. The SMILES string of the molecule is [2H]c1c([2H])c([2H])c(C(OC)(c2c([2H])c([2H])c([2H])c([2H])c2[2H])[C@H](Oc2nc(C)cc(C)n2)C(=O)O[C@@H]2O[C@H](C(=O)O)[C@@H](O)[C@H](O)[C@H]2O)c([2H])c1[2H].